The van der Waals surface area contributed by atoms with Crippen molar-refractivity contribution in [3.05, 3.63) is 35.0 Å². The lowest BCUT2D eigenvalue weighted by atomic mass is 10.2. The Labute approximate surface area is 75.9 Å². The average molecular weight is 181 g/mol. The van der Waals surface area contributed by atoms with Crippen LogP contribution in [0.1, 0.15) is 10.4 Å². The van der Waals surface area contributed by atoms with Gasteiger partial charge in [-0.05, 0) is 11.4 Å². The summed E-state index contributed by atoms with van der Waals surface area (Å²) in [6.45, 7) is 4.62. The Hall–Kier alpha value is -0.930. The highest BCUT2D eigenvalue weighted by molar-refractivity contribution is 7.08. The van der Waals surface area contributed by atoms with E-state index in [4.69, 9.17) is 0 Å². The van der Waals surface area contributed by atoms with Crippen LogP contribution in [0.15, 0.2) is 29.5 Å². The highest BCUT2D eigenvalue weighted by atomic mass is 32.1. The molecule has 0 amide bonds. The fourth-order valence-corrected chi connectivity index (χ4v) is 1.47. The first-order valence-corrected chi connectivity index (χ1v) is 4.66. The van der Waals surface area contributed by atoms with Gasteiger partial charge in [0.05, 0.1) is 6.54 Å². The van der Waals surface area contributed by atoms with Gasteiger partial charge in [0.25, 0.3) is 0 Å². The number of nitrogens with one attached hydrogen (secondary N) is 1. The molecule has 1 heterocycles. The lowest BCUT2D eigenvalue weighted by Gasteiger charge is -1.97. The van der Waals surface area contributed by atoms with Crippen molar-refractivity contribution in [2.75, 3.05) is 13.1 Å². The van der Waals surface area contributed by atoms with Crippen molar-refractivity contribution in [1.29, 1.82) is 0 Å². The van der Waals surface area contributed by atoms with Gasteiger partial charge in [-0.1, -0.05) is 6.08 Å². The minimum atomic E-state index is 0.137. The van der Waals surface area contributed by atoms with Crippen LogP contribution >= 0.6 is 11.3 Å². The predicted molar refractivity (Wildman–Crippen MR) is 51.7 cm³/mol. The van der Waals surface area contributed by atoms with E-state index in [1.807, 2.05) is 16.8 Å². The summed E-state index contributed by atoms with van der Waals surface area (Å²) in [5.74, 6) is 0.137. The van der Waals surface area contributed by atoms with E-state index in [0.717, 1.165) is 5.56 Å². The third kappa shape index (κ3) is 2.60. The SMILES string of the molecule is C=CCNCC(=O)c1ccsc1. The molecule has 1 rings (SSSR count). The number of carbonyl (C=O) groups excluding carboxylic acids is 1. The van der Waals surface area contributed by atoms with Gasteiger partial charge >= 0.3 is 0 Å². The van der Waals surface area contributed by atoms with Crippen molar-refractivity contribution in [1.82, 2.24) is 5.32 Å². The Morgan fingerprint density at radius 3 is 3.17 bits per heavy atom. The lowest BCUT2D eigenvalue weighted by Crippen LogP contribution is -2.22. The van der Waals surface area contributed by atoms with E-state index >= 15 is 0 Å². The van der Waals surface area contributed by atoms with E-state index in [1.165, 1.54) is 11.3 Å². The van der Waals surface area contributed by atoms with Crippen LogP contribution in [0.2, 0.25) is 0 Å². The van der Waals surface area contributed by atoms with E-state index in [-0.39, 0.29) is 5.78 Å². The molecule has 0 saturated heterocycles. The molecule has 0 aliphatic rings. The van der Waals surface area contributed by atoms with Gasteiger partial charge < -0.3 is 5.32 Å². The first kappa shape index (κ1) is 9.16. The van der Waals surface area contributed by atoms with Crippen molar-refractivity contribution in [3.63, 3.8) is 0 Å². The molecule has 0 atom stereocenters. The first-order chi connectivity index (χ1) is 5.84. The molecule has 64 valence electrons. The Balaban J connectivity index is 2.34. The van der Waals surface area contributed by atoms with Gasteiger partial charge in [0, 0.05) is 17.5 Å². The topological polar surface area (TPSA) is 29.1 Å². The van der Waals surface area contributed by atoms with Crippen molar-refractivity contribution >= 4 is 17.1 Å². The third-order valence-corrected chi connectivity index (χ3v) is 2.10. The first-order valence-electron chi connectivity index (χ1n) is 3.71. The summed E-state index contributed by atoms with van der Waals surface area (Å²) in [6, 6.07) is 1.84. The third-order valence-electron chi connectivity index (χ3n) is 1.42. The van der Waals surface area contributed by atoms with Crippen LogP contribution in [-0.4, -0.2) is 18.9 Å². The molecule has 2 nitrogen and oxygen atoms in total. The van der Waals surface area contributed by atoms with E-state index in [9.17, 15) is 4.79 Å². The molecule has 12 heavy (non-hydrogen) atoms. The minimum Gasteiger partial charge on any atom is -0.306 e. The molecular weight excluding hydrogens is 170 g/mol. The summed E-state index contributed by atoms with van der Waals surface area (Å²) in [7, 11) is 0. The molecule has 1 aromatic heterocycles. The van der Waals surface area contributed by atoms with Crippen molar-refractivity contribution in [2.24, 2.45) is 0 Å². The molecule has 0 saturated carbocycles. The Morgan fingerprint density at radius 2 is 2.58 bits per heavy atom. The van der Waals surface area contributed by atoms with Gasteiger partial charge in [-0.25, -0.2) is 0 Å². The van der Waals surface area contributed by atoms with Crippen LogP contribution in [0.3, 0.4) is 0 Å². The molecule has 1 N–H and O–H groups in total. The minimum absolute atomic E-state index is 0.137. The molecule has 0 spiro atoms. The molecule has 0 aliphatic carbocycles. The second-order valence-corrected chi connectivity index (χ2v) is 3.13. The predicted octanol–water partition coefficient (Wildman–Crippen LogP) is 1.71. The molecule has 0 aromatic carbocycles. The molecule has 3 heteroatoms. The molecule has 1 aromatic rings. The van der Waals surface area contributed by atoms with E-state index in [1.54, 1.807) is 6.08 Å². The fourth-order valence-electron chi connectivity index (χ4n) is 0.813. The van der Waals surface area contributed by atoms with Gasteiger partial charge in [0.2, 0.25) is 0 Å². The normalized spacial score (nSPS) is 9.67. The van der Waals surface area contributed by atoms with E-state index in [2.05, 4.69) is 11.9 Å². The number of ketones is 1. The smallest absolute Gasteiger partial charge is 0.177 e. The summed E-state index contributed by atoms with van der Waals surface area (Å²) < 4.78 is 0. The Morgan fingerprint density at radius 1 is 1.75 bits per heavy atom. The van der Waals surface area contributed by atoms with E-state index in [0.29, 0.717) is 13.1 Å². The maximum atomic E-state index is 11.3. The lowest BCUT2D eigenvalue weighted by molar-refractivity contribution is 0.0993. The Kier molecular flexibility index (Phi) is 3.70. The van der Waals surface area contributed by atoms with Gasteiger partial charge in [0.15, 0.2) is 5.78 Å². The quantitative estimate of drug-likeness (QED) is 0.425. The summed E-state index contributed by atoms with van der Waals surface area (Å²) in [5, 5.41) is 6.72. The summed E-state index contributed by atoms with van der Waals surface area (Å²) >= 11 is 1.54. The number of Topliss-reactive ketones (excluding diaryl/α,β-unsaturated/α-hetero) is 1. The van der Waals surface area contributed by atoms with E-state index < -0.39 is 0 Å². The monoisotopic (exact) mass is 181 g/mol. The average Bonchev–Trinajstić information content (AvgIpc) is 2.56. The summed E-state index contributed by atoms with van der Waals surface area (Å²) in [5.41, 5.74) is 0.788. The Bertz CT molecular complexity index is 254. The maximum Gasteiger partial charge on any atom is 0.177 e. The zero-order valence-corrected chi connectivity index (χ0v) is 7.56. The van der Waals surface area contributed by atoms with Crippen molar-refractivity contribution in [2.45, 2.75) is 0 Å². The molecule has 0 unspecified atom stereocenters. The highest BCUT2D eigenvalue weighted by Crippen LogP contribution is 2.05. The largest absolute Gasteiger partial charge is 0.306 e. The van der Waals surface area contributed by atoms with Crippen LogP contribution in [0, 0.1) is 0 Å². The van der Waals surface area contributed by atoms with Crippen LogP contribution in [0.4, 0.5) is 0 Å². The number of hydrogen-bond donors (Lipinski definition) is 1. The molecule has 0 bridgehead atoms. The highest BCUT2D eigenvalue weighted by Gasteiger charge is 2.03. The second-order valence-electron chi connectivity index (χ2n) is 2.35. The zero-order chi connectivity index (χ0) is 8.81. The van der Waals surface area contributed by atoms with Crippen LogP contribution in [-0.2, 0) is 0 Å². The molecule has 0 aliphatic heterocycles. The van der Waals surface area contributed by atoms with Crippen LogP contribution < -0.4 is 5.32 Å². The second kappa shape index (κ2) is 4.85. The number of rotatable bonds is 5. The summed E-state index contributed by atoms with van der Waals surface area (Å²) in [4.78, 5) is 11.3. The van der Waals surface area contributed by atoms with Crippen molar-refractivity contribution < 1.29 is 4.79 Å². The molecule has 0 fully saturated rings. The zero-order valence-electron chi connectivity index (χ0n) is 6.75. The number of hydrogen-bond acceptors (Lipinski definition) is 3. The number of carbonyl (C=O) groups is 1. The number of thiophene rings is 1. The summed E-state index contributed by atoms with van der Waals surface area (Å²) in [6.07, 6.45) is 1.74. The van der Waals surface area contributed by atoms with Crippen LogP contribution in [0.5, 0.6) is 0 Å². The van der Waals surface area contributed by atoms with Gasteiger partial charge in [-0.2, -0.15) is 11.3 Å². The van der Waals surface area contributed by atoms with Crippen molar-refractivity contribution in [3.8, 4) is 0 Å². The fraction of sp³-hybridized carbons (Fsp3) is 0.222. The maximum absolute atomic E-state index is 11.3. The van der Waals surface area contributed by atoms with Gasteiger partial charge in [0.1, 0.15) is 0 Å². The van der Waals surface area contributed by atoms with Gasteiger partial charge in [-0.3, -0.25) is 4.79 Å². The molecule has 0 radical (unpaired) electrons. The molecular formula is C9H11NOS. The van der Waals surface area contributed by atoms with Gasteiger partial charge in [-0.15, -0.1) is 6.58 Å². The van der Waals surface area contributed by atoms with Crippen LogP contribution in [0.25, 0.3) is 0 Å². The standard InChI is InChI=1S/C9H11NOS/c1-2-4-10-6-9(11)8-3-5-12-7-8/h2-3,5,7,10H,1,4,6H2.